The molecule has 7 heteroatoms. The Hall–Kier alpha value is -2.54. The molecule has 3 rings (SSSR count). The predicted molar refractivity (Wildman–Crippen MR) is 114 cm³/mol. The summed E-state index contributed by atoms with van der Waals surface area (Å²) in [6.45, 7) is 3.88. The fraction of sp³-hybridized carbons (Fsp3) is 0.409. The van der Waals surface area contributed by atoms with Crippen LogP contribution < -0.4 is 14.8 Å². The number of nitrogens with one attached hydrogen (secondary N) is 2. The highest BCUT2D eigenvalue weighted by molar-refractivity contribution is 7.92. The molecule has 0 saturated carbocycles. The summed E-state index contributed by atoms with van der Waals surface area (Å²) in [5.41, 5.74) is 2.71. The summed E-state index contributed by atoms with van der Waals surface area (Å²) in [5.74, 6) is 0.00902. The van der Waals surface area contributed by atoms with Crippen molar-refractivity contribution in [2.75, 3.05) is 11.8 Å². The molecule has 1 amide bonds. The van der Waals surface area contributed by atoms with Gasteiger partial charge in [-0.05, 0) is 74.4 Å². The predicted octanol–water partition coefficient (Wildman–Crippen LogP) is 3.90. The molecule has 0 saturated heterocycles. The van der Waals surface area contributed by atoms with E-state index in [0.29, 0.717) is 5.75 Å². The Morgan fingerprint density at radius 1 is 1.14 bits per heavy atom. The van der Waals surface area contributed by atoms with Crippen molar-refractivity contribution in [3.05, 3.63) is 53.1 Å². The van der Waals surface area contributed by atoms with Crippen LogP contribution >= 0.6 is 0 Å². The molecule has 0 aromatic heterocycles. The number of ether oxygens (including phenoxy) is 1. The third kappa shape index (κ3) is 4.72. The number of carbonyl (C=O) groups excluding carboxylic acids is 1. The molecule has 29 heavy (non-hydrogen) atoms. The highest BCUT2D eigenvalue weighted by atomic mass is 32.2. The summed E-state index contributed by atoms with van der Waals surface area (Å²) >= 11 is 0. The largest absolute Gasteiger partial charge is 0.495 e. The van der Waals surface area contributed by atoms with Crippen LogP contribution in [-0.2, 0) is 22.9 Å². The Morgan fingerprint density at radius 2 is 1.79 bits per heavy atom. The molecule has 0 bridgehead atoms. The number of anilines is 1. The minimum atomic E-state index is -3.93. The zero-order valence-corrected chi connectivity index (χ0v) is 17.9. The third-order valence-electron chi connectivity index (χ3n) is 5.32. The van der Waals surface area contributed by atoms with E-state index in [2.05, 4.69) is 10.0 Å². The summed E-state index contributed by atoms with van der Waals surface area (Å²) < 4.78 is 34.4. The van der Waals surface area contributed by atoms with Crippen LogP contribution in [0.15, 0.2) is 41.3 Å². The number of benzene rings is 2. The average molecular weight is 417 g/mol. The zero-order valence-electron chi connectivity index (χ0n) is 17.1. The molecule has 6 nitrogen and oxygen atoms in total. The first-order valence-corrected chi connectivity index (χ1v) is 11.5. The molecule has 1 aliphatic rings. The van der Waals surface area contributed by atoms with E-state index in [4.69, 9.17) is 4.74 Å². The van der Waals surface area contributed by atoms with Crippen molar-refractivity contribution in [1.29, 1.82) is 0 Å². The Labute approximate surface area is 172 Å². The number of sulfonamides is 1. The first-order valence-electron chi connectivity index (χ1n) is 9.98. The van der Waals surface area contributed by atoms with Crippen molar-refractivity contribution in [2.45, 2.75) is 56.9 Å². The van der Waals surface area contributed by atoms with Gasteiger partial charge in [-0.25, -0.2) is 8.42 Å². The lowest BCUT2D eigenvalue weighted by molar-refractivity contribution is 0.0940. The molecule has 0 heterocycles. The summed E-state index contributed by atoms with van der Waals surface area (Å²) in [6, 6.07) is 10.1. The van der Waals surface area contributed by atoms with Gasteiger partial charge in [0.15, 0.2) is 0 Å². The Bertz CT molecular complexity index is 1000. The van der Waals surface area contributed by atoms with Gasteiger partial charge in [0.2, 0.25) is 0 Å². The topological polar surface area (TPSA) is 84.5 Å². The van der Waals surface area contributed by atoms with Gasteiger partial charge in [0, 0.05) is 6.04 Å². The number of fused-ring (bicyclic) bond motifs is 1. The Kier molecular flexibility index (Phi) is 6.47. The van der Waals surface area contributed by atoms with Crippen LogP contribution in [0.5, 0.6) is 5.75 Å². The second-order valence-electron chi connectivity index (χ2n) is 7.41. The second-order valence-corrected chi connectivity index (χ2v) is 9.06. The summed E-state index contributed by atoms with van der Waals surface area (Å²) in [7, 11) is -2.47. The van der Waals surface area contributed by atoms with Crippen LogP contribution in [0.3, 0.4) is 0 Å². The van der Waals surface area contributed by atoms with Crippen molar-refractivity contribution in [2.24, 2.45) is 0 Å². The number of carbonyl (C=O) groups is 1. The van der Waals surface area contributed by atoms with Crippen LogP contribution in [0.2, 0.25) is 0 Å². The Balaban J connectivity index is 1.96. The number of para-hydroxylation sites is 1. The molecular weight excluding hydrogens is 388 g/mol. The quantitative estimate of drug-likeness (QED) is 0.717. The molecule has 156 valence electrons. The van der Waals surface area contributed by atoms with Gasteiger partial charge < -0.3 is 10.1 Å². The van der Waals surface area contributed by atoms with Gasteiger partial charge in [-0.1, -0.05) is 19.1 Å². The smallest absolute Gasteiger partial charge is 0.265 e. The minimum absolute atomic E-state index is 0.00657. The van der Waals surface area contributed by atoms with E-state index < -0.39 is 10.0 Å². The van der Waals surface area contributed by atoms with Crippen LogP contribution in [0.4, 0.5) is 5.69 Å². The van der Waals surface area contributed by atoms with Gasteiger partial charge in [-0.2, -0.15) is 0 Å². The van der Waals surface area contributed by atoms with Gasteiger partial charge in [0.05, 0.1) is 18.4 Å². The van der Waals surface area contributed by atoms with Crippen molar-refractivity contribution in [3.63, 3.8) is 0 Å². The number of rotatable bonds is 7. The fourth-order valence-corrected chi connectivity index (χ4v) is 4.77. The second kappa shape index (κ2) is 8.86. The van der Waals surface area contributed by atoms with Crippen LogP contribution in [-0.4, -0.2) is 27.5 Å². The molecule has 2 aromatic rings. The average Bonchev–Trinajstić information content (AvgIpc) is 2.72. The molecule has 0 spiro atoms. The maximum atomic E-state index is 13.2. The first kappa shape index (κ1) is 21.2. The van der Waals surface area contributed by atoms with E-state index >= 15 is 0 Å². The fourth-order valence-electron chi connectivity index (χ4n) is 3.48. The first-order chi connectivity index (χ1) is 13.9. The lowest BCUT2D eigenvalue weighted by Crippen LogP contribution is -2.32. The normalized spacial score (nSPS) is 14.6. The number of methoxy groups -OCH3 is 1. The van der Waals surface area contributed by atoms with E-state index in [1.807, 2.05) is 19.9 Å². The van der Waals surface area contributed by atoms with Crippen molar-refractivity contribution in [1.82, 2.24) is 5.32 Å². The van der Waals surface area contributed by atoms with Gasteiger partial charge in [0.1, 0.15) is 10.6 Å². The van der Waals surface area contributed by atoms with Crippen molar-refractivity contribution in [3.8, 4) is 5.75 Å². The third-order valence-corrected chi connectivity index (χ3v) is 6.71. The van der Waals surface area contributed by atoms with Crippen LogP contribution in [0.1, 0.15) is 54.6 Å². The van der Waals surface area contributed by atoms with Crippen LogP contribution in [0.25, 0.3) is 0 Å². The van der Waals surface area contributed by atoms with Gasteiger partial charge in [-0.3, -0.25) is 9.52 Å². The van der Waals surface area contributed by atoms with Crippen molar-refractivity contribution >= 4 is 21.6 Å². The summed E-state index contributed by atoms with van der Waals surface area (Å²) in [5, 5.41) is 2.88. The molecule has 1 aliphatic carbocycles. The molecular formula is C22H28N2O4S. The van der Waals surface area contributed by atoms with Gasteiger partial charge in [0.25, 0.3) is 15.9 Å². The number of amides is 1. The highest BCUT2D eigenvalue weighted by Gasteiger charge is 2.25. The maximum absolute atomic E-state index is 13.2. The monoisotopic (exact) mass is 416 g/mol. The molecule has 2 N–H and O–H groups in total. The summed E-state index contributed by atoms with van der Waals surface area (Å²) in [4.78, 5) is 12.7. The minimum Gasteiger partial charge on any atom is -0.495 e. The lowest BCUT2D eigenvalue weighted by Gasteiger charge is -2.20. The Morgan fingerprint density at radius 3 is 2.45 bits per heavy atom. The van der Waals surface area contributed by atoms with E-state index in [1.165, 1.54) is 7.11 Å². The molecule has 0 radical (unpaired) electrons. The SMILES string of the molecule is CCC(C)NC(=O)c1ccccc1NS(=O)(=O)c1cc2c(cc1OC)CCCC2. The molecule has 1 atom stereocenters. The van der Waals surface area contributed by atoms with E-state index in [0.717, 1.165) is 43.2 Å². The maximum Gasteiger partial charge on any atom is 0.265 e. The standard InChI is InChI=1S/C22H28N2O4S/c1-4-15(2)23-22(25)18-11-7-8-12-19(18)24-29(26,27)21-14-17-10-6-5-9-16(17)13-20(21)28-3/h7-8,11-15,24H,4-6,9-10H2,1-3H3,(H,23,25). The zero-order chi connectivity index (χ0) is 21.0. The van der Waals surface area contributed by atoms with Crippen molar-refractivity contribution < 1.29 is 17.9 Å². The van der Waals surface area contributed by atoms with E-state index in [9.17, 15) is 13.2 Å². The number of hydrogen-bond donors (Lipinski definition) is 2. The van der Waals surface area contributed by atoms with Gasteiger partial charge in [-0.15, -0.1) is 0 Å². The number of aryl methyl sites for hydroxylation is 2. The lowest BCUT2D eigenvalue weighted by atomic mass is 9.92. The molecule has 0 fully saturated rings. The molecule has 2 aromatic carbocycles. The van der Waals surface area contributed by atoms with Crippen LogP contribution in [0, 0.1) is 0 Å². The van der Waals surface area contributed by atoms with E-state index in [-0.39, 0.29) is 28.1 Å². The molecule has 0 aliphatic heterocycles. The van der Waals surface area contributed by atoms with Gasteiger partial charge >= 0.3 is 0 Å². The molecule has 1 unspecified atom stereocenters. The van der Waals surface area contributed by atoms with E-state index in [1.54, 1.807) is 30.3 Å². The summed E-state index contributed by atoms with van der Waals surface area (Å²) in [6.07, 6.45) is 4.71. The highest BCUT2D eigenvalue weighted by Crippen LogP contribution is 2.33. The number of hydrogen-bond acceptors (Lipinski definition) is 4.